The second-order valence-electron chi connectivity index (χ2n) is 3.71. The van der Waals surface area contributed by atoms with Crippen LogP contribution in [0, 0.1) is 5.41 Å². The van der Waals surface area contributed by atoms with Crippen LogP contribution >= 0.6 is 0 Å². The van der Waals surface area contributed by atoms with E-state index in [-0.39, 0.29) is 42.4 Å². The van der Waals surface area contributed by atoms with Gasteiger partial charge in [-0.3, -0.25) is 9.59 Å². The number of carbonyl (C=O) groups is 2. The molecular weight excluding hydrogens is 231 g/mol. The molecule has 0 unspecified atom stereocenters. The molecule has 88 valence electrons. The summed E-state index contributed by atoms with van der Waals surface area (Å²) in [4.78, 5) is 22.2. The van der Waals surface area contributed by atoms with Crippen molar-refractivity contribution in [1.29, 1.82) is 0 Å². The average Bonchev–Trinajstić information content (AvgIpc) is 2.26. The van der Waals surface area contributed by atoms with Gasteiger partial charge in [0, 0.05) is 0 Å². The van der Waals surface area contributed by atoms with E-state index in [9.17, 15) is 9.59 Å². The van der Waals surface area contributed by atoms with Gasteiger partial charge in [0.1, 0.15) is 0 Å². The fraction of sp³-hybridized carbons (Fsp3) is 0.333. The van der Waals surface area contributed by atoms with Crippen molar-refractivity contribution in [2.24, 2.45) is 5.41 Å². The SMILES string of the molecule is CCC(Cc1ccccc1)(C(=O)O)C(=O)O.[NaH]. The van der Waals surface area contributed by atoms with Crippen molar-refractivity contribution in [3.8, 4) is 0 Å². The predicted molar refractivity (Wildman–Crippen MR) is 65.3 cm³/mol. The van der Waals surface area contributed by atoms with Crippen molar-refractivity contribution < 1.29 is 19.8 Å². The molecule has 0 spiro atoms. The van der Waals surface area contributed by atoms with Crippen molar-refractivity contribution in [3.63, 3.8) is 0 Å². The number of hydrogen-bond acceptors (Lipinski definition) is 2. The molecular formula is C12H15NaO4. The first-order valence-electron chi connectivity index (χ1n) is 5.03. The second kappa shape index (κ2) is 6.79. The van der Waals surface area contributed by atoms with E-state index in [1.165, 1.54) is 0 Å². The molecule has 0 amide bonds. The normalized spacial score (nSPS) is 10.4. The van der Waals surface area contributed by atoms with Crippen LogP contribution in [-0.2, 0) is 16.0 Å². The van der Waals surface area contributed by atoms with Crippen molar-refractivity contribution in [2.75, 3.05) is 0 Å². The molecule has 0 fully saturated rings. The third-order valence-corrected chi connectivity index (χ3v) is 2.77. The van der Waals surface area contributed by atoms with Crippen molar-refractivity contribution in [1.82, 2.24) is 0 Å². The van der Waals surface area contributed by atoms with Gasteiger partial charge in [0.05, 0.1) is 0 Å². The molecule has 0 aliphatic heterocycles. The molecule has 1 rings (SSSR count). The molecule has 5 heteroatoms. The summed E-state index contributed by atoms with van der Waals surface area (Å²) in [6.45, 7) is 1.57. The third-order valence-electron chi connectivity index (χ3n) is 2.77. The molecule has 17 heavy (non-hydrogen) atoms. The first-order chi connectivity index (χ1) is 7.53. The molecule has 0 aromatic heterocycles. The van der Waals surface area contributed by atoms with E-state index in [4.69, 9.17) is 10.2 Å². The van der Waals surface area contributed by atoms with Crippen LogP contribution in [0.5, 0.6) is 0 Å². The van der Waals surface area contributed by atoms with Gasteiger partial charge in [-0.15, -0.1) is 0 Å². The second-order valence-corrected chi connectivity index (χ2v) is 3.71. The monoisotopic (exact) mass is 246 g/mol. The van der Waals surface area contributed by atoms with Crippen molar-refractivity contribution in [3.05, 3.63) is 35.9 Å². The average molecular weight is 246 g/mol. The summed E-state index contributed by atoms with van der Waals surface area (Å²) in [7, 11) is 0. The van der Waals surface area contributed by atoms with E-state index < -0.39 is 17.4 Å². The van der Waals surface area contributed by atoms with Gasteiger partial charge in [0.25, 0.3) is 0 Å². The number of hydrogen-bond donors (Lipinski definition) is 2. The van der Waals surface area contributed by atoms with Gasteiger partial charge in [0.2, 0.25) is 0 Å². The quantitative estimate of drug-likeness (QED) is 0.603. The number of aliphatic carboxylic acids is 2. The van der Waals surface area contributed by atoms with E-state index in [1.807, 2.05) is 0 Å². The zero-order chi connectivity index (χ0) is 12.2. The number of rotatable bonds is 5. The van der Waals surface area contributed by atoms with Crippen LogP contribution in [0.2, 0.25) is 0 Å². The summed E-state index contributed by atoms with van der Waals surface area (Å²) in [5.74, 6) is -2.57. The molecule has 0 aliphatic rings. The Morgan fingerprint density at radius 2 is 1.59 bits per heavy atom. The van der Waals surface area contributed by atoms with E-state index >= 15 is 0 Å². The minimum atomic E-state index is -1.72. The van der Waals surface area contributed by atoms with Gasteiger partial charge in [-0.25, -0.2) is 0 Å². The Labute approximate surface area is 122 Å². The molecule has 2 N–H and O–H groups in total. The van der Waals surface area contributed by atoms with Gasteiger partial charge in [-0.05, 0) is 18.4 Å². The molecule has 0 saturated heterocycles. The Kier molecular flexibility index (Phi) is 6.45. The van der Waals surface area contributed by atoms with Crippen LogP contribution < -0.4 is 0 Å². The number of benzene rings is 1. The van der Waals surface area contributed by atoms with Crippen LogP contribution in [0.3, 0.4) is 0 Å². The third kappa shape index (κ3) is 3.56. The van der Waals surface area contributed by atoms with Crippen molar-refractivity contribution >= 4 is 41.5 Å². The minimum absolute atomic E-state index is 0. The topological polar surface area (TPSA) is 74.6 Å². The van der Waals surface area contributed by atoms with Gasteiger partial charge < -0.3 is 10.2 Å². The van der Waals surface area contributed by atoms with Gasteiger partial charge in [0.15, 0.2) is 5.41 Å². The van der Waals surface area contributed by atoms with Crippen LogP contribution in [-0.4, -0.2) is 51.7 Å². The summed E-state index contributed by atoms with van der Waals surface area (Å²) in [6.07, 6.45) is 0.0710. The first kappa shape index (κ1) is 16.2. The van der Waals surface area contributed by atoms with E-state index in [0.29, 0.717) is 5.56 Å². The molecule has 0 aliphatic carbocycles. The maximum absolute atomic E-state index is 11.1. The predicted octanol–water partition coefficient (Wildman–Crippen LogP) is 1.15. The zero-order valence-electron chi connectivity index (χ0n) is 9.01. The molecule has 4 nitrogen and oxygen atoms in total. The van der Waals surface area contributed by atoms with Gasteiger partial charge in [-0.1, -0.05) is 37.3 Å². The first-order valence-corrected chi connectivity index (χ1v) is 5.03. The summed E-state index contributed by atoms with van der Waals surface area (Å²) >= 11 is 0. The Hall–Kier alpha value is -0.840. The fourth-order valence-corrected chi connectivity index (χ4v) is 1.61. The molecule has 0 bridgehead atoms. The Balaban J connectivity index is 0.00000256. The van der Waals surface area contributed by atoms with E-state index in [1.54, 1.807) is 37.3 Å². The Morgan fingerprint density at radius 1 is 1.12 bits per heavy atom. The van der Waals surface area contributed by atoms with Crippen LogP contribution in [0.1, 0.15) is 18.9 Å². The summed E-state index contributed by atoms with van der Waals surface area (Å²) in [5.41, 5.74) is -1.00. The van der Waals surface area contributed by atoms with Crippen LogP contribution in [0.25, 0.3) is 0 Å². The Bertz CT molecular complexity index is 375. The number of carboxylic acid groups (broad SMARTS) is 2. The molecule has 1 aromatic carbocycles. The zero-order valence-corrected chi connectivity index (χ0v) is 9.01. The standard InChI is InChI=1S/C12H14O4.Na.H/c1-2-12(10(13)14,11(15)16)8-9-6-4-3-5-7-9;;/h3-7H,2,8H2,1H3,(H,13,14)(H,15,16);;. The maximum atomic E-state index is 11.1. The van der Waals surface area contributed by atoms with Gasteiger partial charge >= 0.3 is 41.5 Å². The van der Waals surface area contributed by atoms with Crippen molar-refractivity contribution in [2.45, 2.75) is 19.8 Å². The number of carboxylic acids is 2. The van der Waals surface area contributed by atoms with E-state index in [0.717, 1.165) is 0 Å². The molecule has 1 aromatic rings. The summed E-state index contributed by atoms with van der Waals surface area (Å²) in [5, 5.41) is 18.1. The Morgan fingerprint density at radius 3 is 1.94 bits per heavy atom. The summed E-state index contributed by atoms with van der Waals surface area (Å²) < 4.78 is 0. The molecule has 0 radical (unpaired) electrons. The van der Waals surface area contributed by atoms with Gasteiger partial charge in [-0.2, -0.15) is 0 Å². The molecule has 0 heterocycles. The van der Waals surface area contributed by atoms with Crippen LogP contribution in [0.4, 0.5) is 0 Å². The summed E-state index contributed by atoms with van der Waals surface area (Å²) in [6, 6.07) is 8.80. The molecule has 0 atom stereocenters. The van der Waals surface area contributed by atoms with Crippen LogP contribution in [0.15, 0.2) is 30.3 Å². The van der Waals surface area contributed by atoms with E-state index in [2.05, 4.69) is 0 Å². The fourth-order valence-electron chi connectivity index (χ4n) is 1.61. The molecule has 0 saturated carbocycles.